The topological polar surface area (TPSA) is 38.4 Å². The Morgan fingerprint density at radius 1 is 0.850 bits per heavy atom. The molecule has 0 bridgehead atoms. The van der Waals surface area contributed by atoms with Crippen molar-refractivity contribution in [2.45, 2.75) is 32.2 Å². The summed E-state index contributed by atoms with van der Waals surface area (Å²) >= 11 is 0. The molecule has 0 heterocycles. The van der Waals surface area contributed by atoms with Gasteiger partial charge in [0, 0.05) is 0 Å². The minimum absolute atomic E-state index is 0.0108. The normalized spacial score (nSPS) is 12.7. The van der Waals surface area contributed by atoms with Gasteiger partial charge in [-0.25, -0.2) is 0 Å². The van der Waals surface area contributed by atoms with Crippen molar-refractivity contribution in [2.24, 2.45) is 10.7 Å². The van der Waals surface area contributed by atoms with Gasteiger partial charge in [0.2, 0.25) is 0 Å². The van der Waals surface area contributed by atoms with Crippen LogP contribution in [-0.2, 0) is 0 Å². The second-order valence-electron chi connectivity index (χ2n) is 5.96. The van der Waals surface area contributed by atoms with E-state index in [0.717, 1.165) is 0 Å². The average molecular weight is 266 g/mol. The molecule has 2 rings (SSSR count). The smallest absolute Gasteiger partial charge is 0.106 e. The molecule has 0 aliphatic carbocycles. The summed E-state index contributed by atoms with van der Waals surface area (Å²) in [7, 11) is 0. The van der Waals surface area contributed by atoms with Crippen molar-refractivity contribution in [3.63, 3.8) is 0 Å². The molecule has 20 heavy (non-hydrogen) atoms. The van der Waals surface area contributed by atoms with Crippen molar-refractivity contribution in [1.82, 2.24) is 0 Å². The fourth-order valence-corrected chi connectivity index (χ4v) is 2.28. The Labute approximate surface area is 121 Å². The lowest BCUT2D eigenvalue weighted by molar-refractivity contribution is 0.580. The van der Waals surface area contributed by atoms with E-state index in [2.05, 4.69) is 50.0 Å². The minimum Gasteiger partial charge on any atom is -0.387 e. The number of benzene rings is 2. The van der Waals surface area contributed by atoms with Crippen LogP contribution in [0, 0.1) is 0 Å². The lowest BCUT2D eigenvalue weighted by atomic mass is 9.90. The summed E-state index contributed by atoms with van der Waals surface area (Å²) in [6.45, 7) is 6.19. The average Bonchev–Trinajstić information content (AvgIpc) is 2.39. The van der Waals surface area contributed by atoms with Crippen LogP contribution in [0.4, 0.5) is 0 Å². The third kappa shape index (κ3) is 3.70. The Bertz CT molecular complexity index is 526. The molecule has 0 aromatic heterocycles. The van der Waals surface area contributed by atoms with Gasteiger partial charge in [0.15, 0.2) is 0 Å². The van der Waals surface area contributed by atoms with Crippen LogP contribution in [0.5, 0.6) is 0 Å². The maximum Gasteiger partial charge on any atom is 0.106 e. The zero-order chi connectivity index (χ0) is 14.6. The van der Waals surface area contributed by atoms with Gasteiger partial charge in [0.25, 0.3) is 0 Å². The third-order valence-corrected chi connectivity index (χ3v) is 3.03. The summed E-state index contributed by atoms with van der Waals surface area (Å²) in [5.41, 5.74) is 8.48. The van der Waals surface area contributed by atoms with E-state index in [1.165, 1.54) is 11.1 Å². The molecule has 0 amide bonds. The van der Waals surface area contributed by atoms with E-state index in [9.17, 15) is 0 Å². The van der Waals surface area contributed by atoms with E-state index in [-0.39, 0.29) is 11.5 Å². The minimum atomic E-state index is -0.175. The summed E-state index contributed by atoms with van der Waals surface area (Å²) in [5, 5.41) is 0. The van der Waals surface area contributed by atoms with Crippen molar-refractivity contribution >= 4 is 5.84 Å². The molecular formula is C18H22N2. The number of amidine groups is 1. The molecule has 0 atom stereocenters. The van der Waals surface area contributed by atoms with Crippen LogP contribution in [0.2, 0.25) is 0 Å². The molecule has 0 radical (unpaired) electrons. The summed E-state index contributed by atoms with van der Waals surface area (Å²) in [4.78, 5) is 4.66. The van der Waals surface area contributed by atoms with Crippen LogP contribution in [-0.4, -0.2) is 11.4 Å². The van der Waals surface area contributed by atoms with Crippen LogP contribution in [0.3, 0.4) is 0 Å². The van der Waals surface area contributed by atoms with E-state index in [1.54, 1.807) is 0 Å². The van der Waals surface area contributed by atoms with Gasteiger partial charge in [-0.2, -0.15) is 0 Å². The Hall–Kier alpha value is -2.09. The molecule has 0 spiro atoms. The highest BCUT2D eigenvalue weighted by molar-refractivity contribution is 5.90. The number of rotatable bonds is 3. The van der Waals surface area contributed by atoms with Crippen LogP contribution in [0.25, 0.3) is 0 Å². The van der Waals surface area contributed by atoms with E-state index in [4.69, 9.17) is 5.73 Å². The number of nitrogens with two attached hydrogens (primary N) is 1. The zero-order valence-corrected chi connectivity index (χ0v) is 12.4. The van der Waals surface area contributed by atoms with Gasteiger partial charge in [0.05, 0.1) is 11.5 Å². The first-order valence-corrected chi connectivity index (χ1v) is 6.92. The van der Waals surface area contributed by atoms with Crippen molar-refractivity contribution in [3.05, 3.63) is 71.8 Å². The molecular weight excluding hydrogens is 244 g/mol. The SMILES string of the molecule is CC(C)(C)N=C(N)C(c1ccccc1)c1ccccc1. The van der Waals surface area contributed by atoms with Crippen molar-refractivity contribution in [1.29, 1.82) is 0 Å². The molecule has 0 saturated carbocycles. The first-order chi connectivity index (χ1) is 9.47. The van der Waals surface area contributed by atoms with Gasteiger partial charge >= 0.3 is 0 Å². The lowest BCUT2D eigenvalue weighted by Crippen LogP contribution is -2.27. The van der Waals surface area contributed by atoms with Gasteiger partial charge in [-0.05, 0) is 31.9 Å². The molecule has 104 valence electrons. The van der Waals surface area contributed by atoms with Gasteiger partial charge in [0.1, 0.15) is 5.84 Å². The number of hydrogen-bond donors (Lipinski definition) is 1. The van der Waals surface area contributed by atoms with Crippen molar-refractivity contribution in [3.8, 4) is 0 Å². The van der Waals surface area contributed by atoms with Crippen LogP contribution in [0.1, 0.15) is 37.8 Å². The summed E-state index contributed by atoms with van der Waals surface area (Å²) in [5.74, 6) is 0.673. The Kier molecular flexibility index (Phi) is 4.23. The molecule has 0 aliphatic heterocycles. The molecule has 2 aromatic rings. The highest BCUT2D eigenvalue weighted by atomic mass is 14.9. The van der Waals surface area contributed by atoms with Gasteiger partial charge < -0.3 is 5.73 Å². The molecule has 0 aliphatic rings. The second-order valence-corrected chi connectivity index (χ2v) is 5.96. The number of nitrogens with zero attached hydrogens (tertiary/aromatic N) is 1. The van der Waals surface area contributed by atoms with Crippen molar-refractivity contribution < 1.29 is 0 Å². The maximum atomic E-state index is 6.32. The van der Waals surface area contributed by atoms with Crippen LogP contribution in [0.15, 0.2) is 65.7 Å². The molecule has 0 unspecified atom stereocenters. The van der Waals surface area contributed by atoms with Gasteiger partial charge in [-0.1, -0.05) is 60.7 Å². The second kappa shape index (κ2) is 5.91. The fraction of sp³-hybridized carbons (Fsp3) is 0.278. The summed E-state index contributed by atoms with van der Waals surface area (Å²) < 4.78 is 0. The number of hydrogen-bond acceptors (Lipinski definition) is 1. The Morgan fingerprint density at radius 3 is 1.60 bits per heavy atom. The monoisotopic (exact) mass is 266 g/mol. The summed E-state index contributed by atoms with van der Waals surface area (Å²) in [6.07, 6.45) is 0. The molecule has 0 fully saturated rings. The predicted octanol–water partition coefficient (Wildman–Crippen LogP) is 3.97. The molecule has 2 aromatic carbocycles. The molecule has 2 heteroatoms. The zero-order valence-electron chi connectivity index (χ0n) is 12.4. The Morgan fingerprint density at radius 2 is 1.25 bits per heavy atom. The first kappa shape index (κ1) is 14.3. The maximum absolute atomic E-state index is 6.32. The lowest BCUT2D eigenvalue weighted by Gasteiger charge is -2.21. The highest BCUT2D eigenvalue weighted by Crippen LogP contribution is 2.25. The largest absolute Gasteiger partial charge is 0.387 e. The Balaban J connectivity index is 2.49. The van der Waals surface area contributed by atoms with E-state index < -0.39 is 0 Å². The standard InChI is InChI=1S/C18H22N2/c1-18(2,3)20-17(19)16(14-10-6-4-7-11-14)15-12-8-5-9-13-15/h4-13,16H,1-3H3,(H2,19,20). The summed E-state index contributed by atoms with van der Waals surface area (Å²) in [6, 6.07) is 20.6. The number of aliphatic imine (C=N–C) groups is 1. The van der Waals surface area contributed by atoms with Gasteiger partial charge in [-0.15, -0.1) is 0 Å². The molecule has 2 nitrogen and oxygen atoms in total. The molecule has 2 N–H and O–H groups in total. The van der Waals surface area contributed by atoms with E-state index in [1.807, 2.05) is 36.4 Å². The third-order valence-electron chi connectivity index (χ3n) is 3.03. The van der Waals surface area contributed by atoms with E-state index in [0.29, 0.717) is 5.84 Å². The quantitative estimate of drug-likeness (QED) is 0.662. The highest BCUT2D eigenvalue weighted by Gasteiger charge is 2.20. The van der Waals surface area contributed by atoms with Crippen molar-refractivity contribution in [2.75, 3.05) is 0 Å². The van der Waals surface area contributed by atoms with Gasteiger partial charge in [-0.3, -0.25) is 4.99 Å². The fourth-order valence-electron chi connectivity index (χ4n) is 2.28. The van der Waals surface area contributed by atoms with Crippen LogP contribution < -0.4 is 5.73 Å². The first-order valence-electron chi connectivity index (χ1n) is 6.92. The van der Waals surface area contributed by atoms with E-state index >= 15 is 0 Å². The molecule has 0 saturated heterocycles. The van der Waals surface area contributed by atoms with Crippen LogP contribution >= 0.6 is 0 Å². The predicted molar refractivity (Wildman–Crippen MR) is 86.1 cm³/mol.